The van der Waals surface area contributed by atoms with Gasteiger partial charge in [-0.3, -0.25) is 9.59 Å². The van der Waals surface area contributed by atoms with Crippen LogP contribution in [-0.4, -0.2) is 85.6 Å². The molecule has 0 aliphatic carbocycles. The number of methoxy groups -OCH3 is 1. The number of likely N-dealkylation sites (tertiary alicyclic amines) is 1. The second kappa shape index (κ2) is 15.0. The molecule has 0 aromatic heterocycles. The van der Waals surface area contributed by atoms with Crippen molar-refractivity contribution in [2.24, 2.45) is 0 Å². The molecule has 2 heterocycles. The first kappa shape index (κ1) is 32.0. The summed E-state index contributed by atoms with van der Waals surface area (Å²) in [6.07, 6.45) is 3.11. The molecule has 0 saturated carbocycles. The zero-order valence-corrected chi connectivity index (χ0v) is 24.7. The summed E-state index contributed by atoms with van der Waals surface area (Å²) in [5.41, 5.74) is 1.71. The molecular weight excluding hydrogens is 544 g/mol. The number of hydrogen-bond donors (Lipinski definition) is 3. The summed E-state index contributed by atoms with van der Waals surface area (Å²) in [4.78, 5) is 28.8. The molecule has 2 aromatic carbocycles. The molecule has 0 radical (unpaired) electrons. The zero-order chi connectivity index (χ0) is 30.2. The summed E-state index contributed by atoms with van der Waals surface area (Å²) < 4.78 is 39.2. The highest BCUT2D eigenvalue weighted by atomic mass is 19.1. The van der Waals surface area contributed by atoms with Gasteiger partial charge in [0.2, 0.25) is 0 Å². The van der Waals surface area contributed by atoms with Crippen molar-refractivity contribution in [3.05, 3.63) is 70.3 Å². The van der Waals surface area contributed by atoms with Crippen LogP contribution in [-0.2, 0) is 15.9 Å². The summed E-state index contributed by atoms with van der Waals surface area (Å²) in [6, 6.07) is 6.91. The summed E-state index contributed by atoms with van der Waals surface area (Å²) in [5, 5.41) is 17.6. The number of aliphatic hydroxyl groups is 1. The Bertz CT molecular complexity index is 1210. The monoisotopic (exact) mass is 587 g/mol. The van der Waals surface area contributed by atoms with Crippen molar-refractivity contribution < 1.29 is 33.0 Å². The fraction of sp³-hybridized carbons (Fsp3) is 0.562. The van der Waals surface area contributed by atoms with E-state index in [1.54, 1.807) is 30.2 Å². The van der Waals surface area contributed by atoms with Crippen LogP contribution in [0.5, 0.6) is 0 Å². The topological polar surface area (TPSA) is 100 Å². The predicted molar refractivity (Wildman–Crippen MR) is 155 cm³/mol. The highest BCUT2D eigenvalue weighted by molar-refractivity contribution is 6.00. The second-order valence-electron chi connectivity index (χ2n) is 11.5. The van der Waals surface area contributed by atoms with E-state index in [2.05, 4.69) is 17.6 Å². The fourth-order valence-corrected chi connectivity index (χ4v) is 5.96. The summed E-state index contributed by atoms with van der Waals surface area (Å²) in [5.74, 6) is -2.12. The van der Waals surface area contributed by atoms with Gasteiger partial charge in [0.1, 0.15) is 11.6 Å². The number of unbranched alkanes of at least 4 members (excludes halogenated alkanes) is 1. The third-order valence-electron chi connectivity index (χ3n) is 8.08. The standard InChI is InChI=1S/C32H43F2N3O5/c1-4-5-9-42-27-17-28(35-18-27)30(38)29(14-21-12-24(33)16-25(34)13-21)36-31(39)22-10-20(2)11-23(15-22)32(40)37-8-6-7-26(37)19-41-3/h10-13,15-16,26-30,35,38H,4-9,14,17-19H2,1-3H3,(H,36,39)/t26-,27-,28-,29+,30-/m1/s1. The molecule has 8 nitrogen and oxygen atoms in total. The van der Waals surface area contributed by atoms with E-state index in [1.165, 1.54) is 12.1 Å². The molecular formula is C32H43F2N3O5. The van der Waals surface area contributed by atoms with Crippen molar-refractivity contribution >= 4 is 11.8 Å². The molecule has 10 heteroatoms. The number of carbonyl (C=O) groups is 2. The van der Waals surface area contributed by atoms with Crippen molar-refractivity contribution in [1.82, 2.24) is 15.5 Å². The van der Waals surface area contributed by atoms with Crippen LogP contribution < -0.4 is 10.6 Å². The number of aryl methyl sites for hydroxylation is 1. The van der Waals surface area contributed by atoms with E-state index in [0.717, 1.165) is 37.3 Å². The molecule has 2 amide bonds. The summed E-state index contributed by atoms with van der Waals surface area (Å²) in [6.45, 7) is 6.16. The van der Waals surface area contributed by atoms with Gasteiger partial charge < -0.3 is 30.1 Å². The lowest BCUT2D eigenvalue weighted by Crippen LogP contribution is -2.52. The lowest BCUT2D eigenvalue weighted by atomic mass is 9.94. The first-order valence-corrected chi connectivity index (χ1v) is 14.9. The Morgan fingerprint density at radius 1 is 1.14 bits per heavy atom. The smallest absolute Gasteiger partial charge is 0.254 e. The number of aliphatic hydroxyl groups excluding tert-OH is 1. The number of nitrogens with one attached hydrogen (secondary N) is 2. The fourth-order valence-electron chi connectivity index (χ4n) is 5.96. The molecule has 2 aromatic rings. The van der Waals surface area contributed by atoms with Gasteiger partial charge in [0.05, 0.1) is 30.9 Å². The average Bonchev–Trinajstić information content (AvgIpc) is 3.61. The van der Waals surface area contributed by atoms with Gasteiger partial charge in [-0.25, -0.2) is 8.78 Å². The number of amides is 2. The van der Waals surface area contributed by atoms with E-state index >= 15 is 0 Å². The Kier molecular flexibility index (Phi) is 11.4. The molecule has 230 valence electrons. The van der Waals surface area contributed by atoms with E-state index in [9.17, 15) is 23.5 Å². The minimum absolute atomic E-state index is 0.00516. The van der Waals surface area contributed by atoms with Crippen molar-refractivity contribution in [3.8, 4) is 0 Å². The summed E-state index contributed by atoms with van der Waals surface area (Å²) >= 11 is 0. The number of ether oxygens (including phenoxy) is 2. The molecule has 2 fully saturated rings. The molecule has 2 aliphatic heterocycles. The average molecular weight is 588 g/mol. The van der Waals surface area contributed by atoms with E-state index in [4.69, 9.17) is 9.47 Å². The quantitative estimate of drug-likeness (QED) is 0.309. The minimum atomic E-state index is -1.06. The Hall–Kier alpha value is -2.92. The molecule has 42 heavy (non-hydrogen) atoms. The highest BCUT2D eigenvalue weighted by Gasteiger charge is 2.36. The molecule has 3 N–H and O–H groups in total. The summed E-state index contributed by atoms with van der Waals surface area (Å²) in [7, 11) is 1.61. The molecule has 0 bridgehead atoms. The van der Waals surface area contributed by atoms with Crippen LogP contribution in [0.2, 0.25) is 0 Å². The van der Waals surface area contributed by atoms with E-state index in [1.807, 2.05) is 6.92 Å². The number of benzene rings is 2. The van der Waals surface area contributed by atoms with Crippen LogP contribution >= 0.6 is 0 Å². The van der Waals surface area contributed by atoms with Crippen LogP contribution in [0.15, 0.2) is 36.4 Å². The largest absolute Gasteiger partial charge is 0.389 e. The van der Waals surface area contributed by atoms with Crippen molar-refractivity contribution in [3.63, 3.8) is 0 Å². The first-order valence-electron chi connectivity index (χ1n) is 14.9. The lowest BCUT2D eigenvalue weighted by molar-refractivity contribution is 0.0498. The maximum absolute atomic E-state index is 14.0. The van der Waals surface area contributed by atoms with E-state index in [0.29, 0.717) is 43.9 Å². The van der Waals surface area contributed by atoms with Crippen molar-refractivity contribution in [1.29, 1.82) is 0 Å². The SMILES string of the molecule is CCCCO[C@H]1CN[C@@H]([C@@H](O)[C@H](Cc2cc(F)cc(F)c2)NC(=O)c2cc(C)cc(C(=O)N3CCC[C@@H]3COC)c2)C1. The van der Waals surface area contributed by atoms with Crippen LogP contribution in [0.25, 0.3) is 0 Å². The highest BCUT2D eigenvalue weighted by Crippen LogP contribution is 2.23. The van der Waals surface area contributed by atoms with Gasteiger partial charge in [0.25, 0.3) is 11.8 Å². The normalized spacial score (nSPS) is 21.9. The van der Waals surface area contributed by atoms with Crippen LogP contribution in [0, 0.1) is 18.6 Å². The Labute approximate surface area is 246 Å². The van der Waals surface area contributed by atoms with Gasteiger partial charge >= 0.3 is 0 Å². The molecule has 0 unspecified atom stereocenters. The Morgan fingerprint density at radius 2 is 1.88 bits per heavy atom. The molecule has 2 saturated heterocycles. The number of carbonyl (C=O) groups excluding carboxylic acids is 2. The van der Waals surface area contributed by atoms with Gasteiger partial charge in [-0.05, 0) is 80.5 Å². The molecule has 4 rings (SSSR count). The van der Waals surface area contributed by atoms with E-state index in [-0.39, 0.29) is 36.1 Å². The second-order valence-corrected chi connectivity index (χ2v) is 11.5. The Balaban J connectivity index is 1.53. The van der Waals surface area contributed by atoms with Crippen LogP contribution in [0.4, 0.5) is 8.78 Å². The zero-order valence-electron chi connectivity index (χ0n) is 24.7. The number of halogens is 2. The lowest BCUT2D eigenvalue weighted by Gasteiger charge is -2.29. The first-order chi connectivity index (χ1) is 20.2. The molecule has 5 atom stereocenters. The molecule has 2 aliphatic rings. The van der Waals surface area contributed by atoms with Gasteiger partial charge in [-0.1, -0.05) is 13.3 Å². The maximum atomic E-state index is 14.0. The minimum Gasteiger partial charge on any atom is -0.389 e. The van der Waals surface area contributed by atoms with Crippen molar-refractivity contribution in [2.75, 3.05) is 33.4 Å². The maximum Gasteiger partial charge on any atom is 0.254 e. The van der Waals surface area contributed by atoms with Crippen LogP contribution in [0.3, 0.4) is 0 Å². The number of hydrogen-bond acceptors (Lipinski definition) is 6. The van der Waals surface area contributed by atoms with Crippen LogP contribution in [0.1, 0.15) is 70.9 Å². The van der Waals surface area contributed by atoms with Gasteiger partial charge in [-0.2, -0.15) is 0 Å². The van der Waals surface area contributed by atoms with Gasteiger partial charge in [-0.15, -0.1) is 0 Å². The third-order valence-corrected chi connectivity index (χ3v) is 8.08. The van der Waals surface area contributed by atoms with Gasteiger partial charge in [0.15, 0.2) is 0 Å². The number of nitrogens with zero attached hydrogens (tertiary/aromatic N) is 1. The molecule has 0 spiro atoms. The Morgan fingerprint density at radius 3 is 2.60 bits per heavy atom. The van der Waals surface area contributed by atoms with Crippen molar-refractivity contribution in [2.45, 2.75) is 82.7 Å². The predicted octanol–water partition coefficient (Wildman–Crippen LogP) is 3.77. The van der Waals surface area contributed by atoms with E-state index < -0.39 is 29.7 Å². The third kappa shape index (κ3) is 8.34. The number of rotatable bonds is 13. The van der Waals surface area contributed by atoms with Gasteiger partial charge in [0, 0.05) is 50.0 Å².